The van der Waals surface area contributed by atoms with Crippen LogP contribution < -0.4 is 5.32 Å². The fourth-order valence-corrected chi connectivity index (χ4v) is 3.45. The molecule has 2 aromatic rings. The van der Waals surface area contributed by atoms with Crippen molar-refractivity contribution in [1.29, 1.82) is 0 Å². The van der Waals surface area contributed by atoms with E-state index < -0.39 is 37.5 Å². The van der Waals surface area contributed by atoms with Crippen LogP contribution in [0, 0.1) is 0 Å². The second kappa shape index (κ2) is 7.99. The Morgan fingerprint density at radius 2 is 1.93 bits per heavy atom. The van der Waals surface area contributed by atoms with E-state index in [0.29, 0.717) is 30.2 Å². The molecule has 2 fully saturated rings. The number of fused-ring (bicyclic) bond motifs is 1. The summed E-state index contributed by atoms with van der Waals surface area (Å²) >= 11 is 0. The molecule has 2 aliphatic rings. The molecule has 0 amide bonds. The zero-order chi connectivity index (χ0) is 20.6. The number of nitrogens with zero attached hydrogens (tertiary/aromatic N) is 4. The van der Waals surface area contributed by atoms with Crippen LogP contribution in [0.4, 0.5) is 19.0 Å². The number of hydrogen-bond donors (Lipinski definition) is 3. The molecule has 0 radical (unpaired) electrons. The van der Waals surface area contributed by atoms with E-state index in [4.69, 9.17) is 9.47 Å². The molecular weight excluding hydrogens is 399 g/mol. The Hall–Kier alpha value is -2.06. The lowest BCUT2D eigenvalue weighted by Crippen LogP contribution is -2.35. The van der Waals surface area contributed by atoms with Gasteiger partial charge in [-0.2, -0.15) is 0 Å². The minimum atomic E-state index is -4.87. The van der Waals surface area contributed by atoms with Gasteiger partial charge in [-0.25, -0.2) is 15.0 Å². The predicted octanol–water partition coefficient (Wildman–Crippen LogP) is 0.573. The van der Waals surface area contributed by atoms with Crippen LogP contribution >= 0.6 is 0 Å². The Morgan fingerprint density at radius 3 is 2.66 bits per heavy atom. The number of nitrogens with one attached hydrogen (secondary N) is 1. The first-order chi connectivity index (χ1) is 13.8. The van der Waals surface area contributed by atoms with Gasteiger partial charge >= 0.3 is 6.36 Å². The third-order valence-electron chi connectivity index (χ3n) is 4.94. The van der Waals surface area contributed by atoms with E-state index in [1.807, 2.05) is 0 Å². The van der Waals surface area contributed by atoms with E-state index in [1.54, 1.807) is 0 Å². The van der Waals surface area contributed by atoms with Crippen molar-refractivity contribution < 1.29 is 37.6 Å². The summed E-state index contributed by atoms with van der Waals surface area (Å²) in [4.78, 5) is 12.6. The van der Waals surface area contributed by atoms with E-state index in [1.165, 1.54) is 17.2 Å². The maximum absolute atomic E-state index is 12.3. The van der Waals surface area contributed by atoms with Crippen LogP contribution in [0.15, 0.2) is 12.7 Å². The SMILES string of the molecule is O[C@@H]1[C@H](O)[C@@H](COC(F)(F)F)O[C@H]1n1cnc2c(NC3CCOCC3)ncnc21. The van der Waals surface area contributed by atoms with Crippen molar-refractivity contribution >= 4 is 17.0 Å². The van der Waals surface area contributed by atoms with E-state index >= 15 is 0 Å². The van der Waals surface area contributed by atoms with E-state index in [-0.39, 0.29) is 6.04 Å². The van der Waals surface area contributed by atoms with Crippen molar-refractivity contribution in [1.82, 2.24) is 19.5 Å². The van der Waals surface area contributed by atoms with Crippen LogP contribution in [0.1, 0.15) is 19.1 Å². The highest BCUT2D eigenvalue weighted by Gasteiger charge is 2.46. The monoisotopic (exact) mass is 419 g/mol. The zero-order valence-electron chi connectivity index (χ0n) is 15.1. The maximum atomic E-state index is 12.3. The Balaban J connectivity index is 1.54. The number of aliphatic hydroxyl groups is 2. The van der Waals surface area contributed by atoms with Crippen molar-refractivity contribution in [2.75, 3.05) is 25.1 Å². The van der Waals surface area contributed by atoms with Crippen LogP contribution in [0.5, 0.6) is 0 Å². The van der Waals surface area contributed by atoms with E-state index in [2.05, 4.69) is 25.0 Å². The molecule has 3 N–H and O–H groups in total. The van der Waals surface area contributed by atoms with Gasteiger partial charge in [0.05, 0.1) is 12.9 Å². The number of anilines is 1. The Bertz CT molecular complexity index is 844. The first kappa shape index (κ1) is 20.2. The normalized spacial score (nSPS) is 28.9. The maximum Gasteiger partial charge on any atom is 0.522 e. The van der Waals surface area contributed by atoms with Gasteiger partial charge in [0.15, 0.2) is 23.2 Å². The highest BCUT2D eigenvalue weighted by molar-refractivity contribution is 5.82. The predicted molar refractivity (Wildman–Crippen MR) is 90.7 cm³/mol. The Morgan fingerprint density at radius 1 is 1.17 bits per heavy atom. The minimum absolute atomic E-state index is 0.158. The van der Waals surface area contributed by atoms with Gasteiger partial charge in [-0.3, -0.25) is 9.30 Å². The molecule has 0 bridgehead atoms. The Kier molecular flexibility index (Phi) is 5.57. The van der Waals surface area contributed by atoms with Gasteiger partial charge in [0.2, 0.25) is 0 Å². The number of hydrogen-bond acceptors (Lipinski definition) is 9. The summed E-state index contributed by atoms with van der Waals surface area (Å²) in [6.07, 6.45) is -6.21. The van der Waals surface area contributed by atoms with Crippen LogP contribution in [0.25, 0.3) is 11.2 Å². The van der Waals surface area contributed by atoms with Crippen LogP contribution in [-0.2, 0) is 14.2 Å². The average Bonchev–Trinajstić information content (AvgIpc) is 3.23. The van der Waals surface area contributed by atoms with Crippen LogP contribution in [-0.4, -0.2) is 80.3 Å². The van der Waals surface area contributed by atoms with E-state index in [9.17, 15) is 23.4 Å². The Labute approximate surface area is 162 Å². The number of aliphatic hydroxyl groups excluding tert-OH is 2. The summed E-state index contributed by atoms with van der Waals surface area (Å²) in [6, 6.07) is 0.158. The molecule has 10 nitrogen and oxygen atoms in total. The second-order valence-corrected chi connectivity index (χ2v) is 6.88. The van der Waals surface area contributed by atoms with E-state index in [0.717, 1.165) is 12.8 Å². The molecule has 4 heterocycles. The average molecular weight is 419 g/mol. The molecule has 2 aliphatic heterocycles. The van der Waals surface area contributed by atoms with Gasteiger partial charge in [0, 0.05) is 19.3 Å². The molecule has 0 saturated carbocycles. The highest BCUT2D eigenvalue weighted by atomic mass is 19.4. The van der Waals surface area contributed by atoms with Gasteiger partial charge < -0.3 is 25.0 Å². The van der Waals surface area contributed by atoms with Crippen LogP contribution in [0.2, 0.25) is 0 Å². The molecule has 0 spiro atoms. The standard InChI is InChI=1S/C16H20F3N5O5/c17-16(18,19)28-5-9-11(25)12(26)15(29-9)24-7-22-10-13(20-6-21-14(10)24)23-8-1-3-27-4-2-8/h6-9,11-12,15,25-26H,1-5H2,(H,20,21,23)/t9-,11-,12-,15-/m1/s1. The summed E-state index contributed by atoms with van der Waals surface area (Å²) in [5, 5.41) is 23.6. The highest BCUT2D eigenvalue weighted by Crippen LogP contribution is 2.33. The lowest BCUT2D eigenvalue weighted by atomic mass is 10.1. The fraction of sp³-hybridized carbons (Fsp3) is 0.688. The third-order valence-corrected chi connectivity index (χ3v) is 4.94. The molecular formula is C16H20F3N5O5. The summed E-state index contributed by atoms with van der Waals surface area (Å²) in [5.41, 5.74) is 0.725. The summed E-state index contributed by atoms with van der Waals surface area (Å²) in [6.45, 7) is 0.333. The van der Waals surface area contributed by atoms with Gasteiger partial charge in [-0.1, -0.05) is 0 Å². The molecule has 4 atom stereocenters. The first-order valence-electron chi connectivity index (χ1n) is 9.07. The number of halogens is 3. The zero-order valence-corrected chi connectivity index (χ0v) is 15.1. The van der Waals surface area contributed by atoms with Crippen molar-refractivity contribution in [2.24, 2.45) is 0 Å². The van der Waals surface area contributed by atoms with Gasteiger partial charge in [-0.05, 0) is 12.8 Å². The lowest BCUT2D eigenvalue weighted by Gasteiger charge is -2.23. The molecule has 13 heteroatoms. The smallest absolute Gasteiger partial charge is 0.387 e. The molecule has 2 saturated heterocycles. The molecule has 29 heavy (non-hydrogen) atoms. The minimum Gasteiger partial charge on any atom is -0.387 e. The third kappa shape index (κ3) is 4.28. The van der Waals surface area contributed by atoms with Gasteiger partial charge in [0.1, 0.15) is 24.6 Å². The van der Waals surface area contributed by atoms with Gasteiger partial charge in [0.25, 0.3) is 0 Å². The summed E-state index contributed by atoms with van der Waals surface area (Å²) in [5.74, 6) is 0.491. The molecule has 0 aliphatic carbocycles. The summed E-state index contributed by atoms with van der Waals surface area (Å²) < 4.78 is 52.7. The number of rotatable bonds is 5. The number of aromatic nitrogens is 4. The molecule has 4 rings (SSSR count). The van der Waals surface area contributed by atoms with Crippen molar-refractivity contribution in [3.05, 3.63) is 12.7 Å². The molecule has 0 aromatic carbocycles. The number of alkyl halides is 3. The quantitative estimate of drug-likeness (QED) is 0.638. The molecule has 160 valence electrons. The lowest BCUT2D eigenvalue weighted by molar-refractivity contribution is -0.333. The fourth-order valence-electron chi connectivity index (χ4n) is 3.45. The summed E-state index contributed by atoms with van der Waals surface area (Å²) in [7, 11) is 0. The first-order valence-corrected chi connectivity index (χ1v) is 9.07. The van der Waals surface area contributed by atoms with Crippen molar-refractivity contribution in [3.8, 4) is 0 Å². The molecule has 2 aromatic heterocycles. The second-order valence-electron chi connectivity index (χ2n) is 6.88. The molecule has 0 unspecified atom stereocenters. The van der Waals surface area contributed by atoms with Crippen molar-refractivity contribution in [2.45, 2.75) is 49.8 Å². The van der Waals surface area contributed by atoms with Crippen LogP contribution in [0.3, 0.4) is 0 Å². The topological polar surface area (TPSA) is 124 Å². The number of imidazole rings is 1. The number of ether oxygens (including phenoxy) is 3. The van der Waals surface area contributed by atoms with Gasteiger partial charge in [-0.15, -0.1) is 13.2 Å². The largest absolute Gasteiger partial charge is 0.522 e. The van der Waals surface area contributed by atoms with Crippen molar-refractivity contribution in [3.63, 3.8) is 0 Å².